The van der Waals surface area contributed by atoms with Gasteiger partial charge in [0, 0.05) is 31.6 Å². The van der Waals surface area contributed by atoms with Crippen molar-refractivity contribution < 1.29 is 32.7 Å². The summed E-state index contributed by atoms with van der Waals surface area (Å²) in [4.78, 5) is 40.5. The fraction of sp³-hybridized carbons (Fsp3) is 0.857. The van der Waals surface area contributed by atoms with Crippen molar-refractivity contribution in [3.05, 3.63) is 0 Å². The van der Waals surface area contributed by atoms with Crippen LogP contribution in [0.15, 0.2) is 0 Å². The molecule has 3 heterocycles. The van der Waals surface area contributed by atoms with Gasteiger partial charge >= 0.3 is 12.1 Å². The Labute approximate surface area is 181 Å². The SMILES string of the molecule is CCCCN1CCCC2(CCC(=O)N2CC(=O)N2CCCC2)CC1.O=C(O)C(F)(F)F. The lowest BCUT2D eigenvalue weighted by atomic mass is 9.87. The van der Waals surface area contributed by atoms with Crippen LogP contribution >= 0.6 is 0 Å². The lowest BCUT2D eigenvalue weighted by Crippen LogP contribution is -2.51. The summed E-state index contributed by atoms with van der Waals surface area (Å²) in [5.74, 6) is -2.40. The Morgan fingerprint density at radius 2 is 1.68 bits per heavy atom. The van der Waals surface area contributed by atoms with Crippen LogP contribution in [0.2, 0.25) is 0 Å². The van der Waals surface area contributed by atoms with Gasteiger partial charge in [-0.25, -0.2) is 4.79 Å². The molecule has 0 aromatic rings. The van der Waals surface area contributed by atoms with E-state index < -0.39 is 12.1 Å². The quantitative estimate of drug-likeness (QED) is 0.698. The number of carbonyl (C=O) groups excluding carboxylic acids is 2. The summed E-state index contributed by atoms with van der Waals surface area (Å²) in [7, 11) is 0. The summed E-state index contributed by atoms with van der Waals surface area (Å²) >= 11 is 0. The molecule has 7 nitrogen and oxygen atoms in total. The minimum Gasteiger partial charge on any atom is -0.475 e. The Morgan fingerprint density at radius 3 is 2.26 bits per heavy atom. The molecule has 1 atom stereocenters. The van der Waals surface area contributed by atoms with E-state index in [1.807, 2.05) is 9.80 Å². The molecule has 3 fully saturated rings. The van der Waals surface area contributed by atoms with E-state index in [4.69, 9.17) is 9.90 Å². The van der Waals surface area contributed by atoms with Crippen LogP contribution in [0.4, 0.5) is 13.2 Å². The molecule has 3 saturated heterocycles. The predicted octanol–water partition coefficient (Wildman–Crippen LogP) is 2.89. The van der Waals surface area contributed by atoms with Crippen LogP contribution in [0.1, 0.15) is 64.7 Å². The second-order valence-corrected chi connectivity index (χ2v) is 8.64. The molecule has 1 unspecified atom stereocenters. The number of carboxylic acids is 1. The van der Waals surface area contributed by atoms with E-state index >= 15 is 0 Å². The first-order valence-electron chi connectivity index (χ1n) is 11.2. The number of rotatable bonds is 5. The van der Waals surface area contributed by atoms with Crippen molar-refractivity contribution in [3.8, 4) is 0 Å². The smallest absolute Gasteiger partial charge is 0.475 e. The molecule has 0 aromatic heterocycles. The van der Waals surface area contributed by atoms with Crippen LogP contribution < -0.4 is 0 Å². The predicted molar refractivity (Wildman–Crippen MR) is 108 cm³/mol. The Morgan fingerprint density at radius 1 is 1.03 bits per heavy atom. The van der Waals surface area contributed by atoms with Gasteiger partial charge in [0.1, 0.15) is 6.54 Å². The summed E-state index contributed by atoms with van der Waals surface area (Å²) in [6.45, 7) is 7.69. The van der Waals surface area contributed by atoms with Crippen LogP contribution in [-0.2, 0) is 14.4 Å². The zero-order valence-corrected chi connectivity index (χ0v) is 18.3. The zero-order chi connectivity index (χ0) is 23.1. The maximum absolute atomic E-state index is 12.6. The van der Waals surface area contributed by atoms with Gasteiger partial charge in [-0.3, -0.25) is 9.59 Å². The number of amides is 2. The van der Waals surface area contributed by atoms with Gasteiger partial charge in [0.05, 0.1) is 0 Å². The second-order valence-electron chi connectivity index (χ2n) is 8.64. The number of unbranched alkanes of at least 4 members (excludes halogenated alkanes) is 1. The molecule has 0 bridgehead atoms. The number of alkyl halides is 3. The van der Waals surface area contributed by atoms with Crippen molar-refractivity contribution >= 4 is 17.8 Å². The summed E-state index contributed by atoms with van der Waals surface area (Å²) < 4.78 is 31.7. The maximum atomic E-state index is 12.6. The van der Waals surface area contributed by atoms with Crippen molar-refractivity contribution in [1.82, 2.24) is 14.7 Å². The van der Waals surface area contributed by atoms with Crippen molar-refractivity contribution in [2.75, 3.05) is 39.3 Å². The molecule has 3 aliphatic heterocycles. The van der Waals surface area contributed by atoms with E-state index in [0.717, 1.165) is 64.7 Å². The maximum Gasteiger partial charge on any atom is 0.490 e. The molecule has 3 aliphatic rings. The number of hydrogen-bond donors (Lipinski definition) is 1. The van der Waals surface area contributed by atoms with Gasteiger partial charge in [0.25, 0.3) is 0 Å². The third kappa shape index (κ3) is 7.08. The molecule has 1 spiro atoms. The van der Waals surface area contributed by atoms with Crippen LogP contribution in [-0.4, -0.2) is 88.6 Å². The minimum absolute atomic E-state index is 0.0482. The first-order chi connectivity index (χ1) is 14.6. The molecule has 1 N–H and O–H groups in total. The molecule has 10 heteroatoms. The summed E-state index contributed by atoms with van der Waals surface area (Å²) in [5.41, 5.74) is -0.0482. The number of halogens is 3. The highest BCUT2D eigenvalue weighted by Crippen LogP contribution is 2.39. The molecular formula is C21H34F3N3O4. The zero-order valence-electron chi connectivity index (χ0n) is 18.3. The van der Waals surface area contributed by atoms with E-state index in [1.165, 1.54) is 19.4 Å². The van der Waals surface area contributed by atoms with Gasteiger partial charge in [-0.05, 0) is 58.0 Å². The second kappa shape index (κ2) is 11.2. The monoisotopic (exact) mass is 449 g/mol. The van der Waals surface area contributed by atoms with E-state index in [2.05, 4.69) is 11.8 Å². The summed E-state index contributed by atoms with van der Waals surface area (Å²) in [5, 5.41) is 7.12. The van der Waals surface area contributed by atoms with Crippen molar-refractivity contribution in [2.45, 2.75) is 76.4 Å². The third-order valence-corrected chi connectivity index (χ3v) is 6.51. The number of hydrogen-bond acceptors (Lipinski definition) is 4. The lowest BCUT2D eigenvalue weighted by Gasteiger charge is -2.38. The molecule has 0 aromatic carbocycles. The fourth-order valence-electron chi connectivity index (χ4n) is 4.69. The Kier molecular flexibility index (Phi) is 9.14. The Hall–Kier alpha value is -1.84. The van der Waals surface area contributed by atoms with Crippen LogP contribution in [0.5, 0.6) is 0 Å². The fourth-order valence-corrected chi connectivity index (χ4v) is 4.69. The number of carboxylic acid groups (broad SMARTS) is 1. The minimum atomic E-state index is -5.08. The van der Waals surface area contributed by atoms with E-state index in [0.29, 0.717) is 13.0 Å². The van der Waals surface area contributed by atoms with Crippen LogP contribution in [0.25, 0.3) is 0 Å². The van der Waals surface area contributed by atoms with E-state index in [1.54, 1.807) is 0 Å². The van der Waals surface area contributed by atoms with Crippen molar-refractivity contribution in [1.29, 1.82) is 0 Å². The summed E-state index contributed by atoms with van der Waals surface area (Å²) in [6.07, 6.45) is 4.44. The van der Waals surface area contributed by atoms with Gasteiger partial charge in [-0.1, -0.05) is 13.3 Å². The summed E-state index contributed by atoms with van der Waals surface area (Å²) in [6, 6.07) is 0. The van der Waals surface area contributed by atoms with Gasteiger partial charge in [0.15, 0.2) is 0 Å². The molecule has 178 valence electrons. The molecule has 0 radical (unpaired) electrons. The van der Waals surface area contributed by atoms with Crippen molar-refractivity contribution in [3.63, 3.8) is 0 Å². The van der Waals surface area contributed by atoms with Crippen molar-refractivity contribution in [2.24, 2.45) is 0 Å². The van der Waals surface area contributed by atoms with Crippen LogP contribution in [0.3, 0.4) is 0 Å². The normalized spacial score (nSPS) is 24.8. The number of nitrogens with zero attached hydrogens (tertiary/aromatic N) is 3. The highest BCUT2D eigenvalue weighted by atomic mass is 19.4. The van der Waals surface area contributed by atoms with E-state index in [-0.39, 0.29) is 17.4 Å². The number of aliphatic carboxylic acids is 1. The molecule has 0 saturated carbocycles. The van der Waals surface area contributed by atoms with E-state index in [9.17, 15) is 22.8 Å². The van der Waals surface area contributed by atoms with Gasteiger partial charge in [-0.2, -0.15) is 13.2 Å². The topological polar surface area (TPSA) is 81.2 Å². The molecule has 3 rings (SSSR count). The molecule has 31 heavy (non-hydrogen) atoms. The standard InChI is InChI=1S/C19H33N3O2.C2HF3O2/c1-2-3-11-20-12-6-8-19(10-15-20)9-7-17(23)22(19)16-18(24)21-13-4-5-14-21;3-2(4,5)1(6)7/h2-16H2,1H3;(H,6,7). The Balaban J connectivity index is 0.000000423. The third-order valence-electron chi connectivity index (χ3n) is 6.51. The largest absolute Gasteiger partial charge is 0.490 e. The average Bonchev–Trinajstić information content (AvgIpc) is 3.28. The van der Waals surface area contributed by atoms with Gasteiger partial charge in [0.2, 0.25) is 11.8 Å². The molecule has 0 aliphatic carbocycles. The number of likely N-dealkylation sites (tertiary alicyclic amines) is 3. The van der Waals surface area contributed by atoms with Gasteiger partial charge < -0.3 is 19.8 Å². The first kappa shape index (κ1) is 25.4. The number of carbonyl (C=O) groups is 3. The highest BCUT2D eigenvalue weighted by Gasteiger charge is 2.46. The molecular weight excluding hydrogens is 415 g/mol. The lowest BCUT2D eigenvalue weighted by molar-refractivity contribution is -0.192. The van der Waals surface area contributed by atoms with Crippen LogP contribution in [0, 0.1) is 0 Å². The van der Waals surface area contributed by atoms with Gasteiger partial charge in [-0.15, -0.1) is 0 Å². The highest BCUT2D eigenvalue weighted by molar-refractivity contribution is 5.87. The molecule has 2 amide bonds. The Bertz CT molecular complexity index is 638. The average molecular weight is 450 g/mol. The first-order valence-corrected chi connectivity index (χ1v) is 11.2.